The Labute approximate surface area is 152 Å². The van der Waals surface area contributed by atoms with Gasteiger partial charge in [-0.1, -0.05) is 12.8 Å². The molecular weight excluding hydrogens is 326 g/mol. The molecule has 1 aliphatic carbocycles. The van der Waals surface area contributed by atoms with E-state index in [1.807, 2.05) is 12.3 Å². The van der Waals surface area contributed by atoms with Gasteiger partial charge in [0.2, 0.25) is 0 Å². The maximum atomic E-state index is 4.77. The molecule has 1 aliphatic heterocycles. The van der Waals surface area contributed by atoms with Gasteiger partial charge >= 0.3 is 0 Å². The van der Waals surface area contributed by atoms with Crippen LogP contribution in [0.3, 0.4) is 0 Å². The quantitative estimate of drug-likeness (QED) is 0.781. The second-order valence-corrected chi connectivity index (χ2v) is 7.21. The third-order valence-corrected chi connectivity index (χ3v) is 5.20. The Kier molecular flexibility index (Phi) is 3.92. The van der Waals surface area contributed by atoms with Crippen LogP contribution in [-0.4, -0.2) is 43.0 Å². The molecule has 26 heavy (non-hydrogen) atoms. The first-order valence-electron chi connectivity index (χ1n) is 9.56. The minimum Gasteiger partial charge on any atom is -0.357 e. The predicted molar refractivity (Wildman–Crippen MR) is 99.8 cm³/mol. The lowest BCUT2D eigenvalue weighted by Gasteiger charge is -2.21. The number of pyridine rings is 1. The van der Waals surface area contributed by atoms with E-state index in [0.717, 1.165) is 48.8 Å². The molecule has 3 aromatic rings. The smallest absolute Gasteiger partial charge is 0.199 e. The third-order valence-electron chi connectivity index (χ3n) is 5.20. The van der Waals surface area contributed by atoms with Gasteiger partial charge in [0.1, 0.15) is 11.5 Å². The van der Waals surface area contributed by atoms with Crippen molar-refractivity contribution in [2.24, 2.45) is 0 Å². The molecule has 1 saturated carbocycles. The first kappa shape index (κ1) is 15.5. The highest BCUT2D eigenvalue weighted by atomic mass is 15.4. The van der Waals surface area contributed by atoms with Gasteiger partial charge in [-0.3, -0.25) is 5.10 Å². The van der Waals surface area contributed by atoms with E-state index in [1.54, 1.807) is 6.20 Å². The van der Waals surface area contributed by atoms with E-state index in [4.69, 9.17) is 15.1 Å². The van der Waals surface area contributed by atoms with Crippen LogP contribution in [0, 0.1) is 0 Å². The maximum absolute atomic E-state index is 4.77. The van der Waals surface area contributed by atoms with Crippen LogP contribution in [0.15, 0.2) is 30.6 Å². The number of aromatic nitrogens is 6. The fourth-order valence-electron chi connectivity index (χ4n) is 3.59. The van der Waals surface area contributed by atoms with Crippen molar-refractivity contribution in [3.05, 3.63) is 30.6 Å². The zero-order chi connectivity index (χ0) is 17.3. The minimum atomic E-state index is 0.458. The number of nitrogens with zero attached hydrogens (tertiary/aromatic N) is 6. The molecule has 5 rings (SSSR count). The summed E-state index contributed by atoms with van der Waals surface area (Å²) in [7, 11) is 0. The number of aromatic amines is 1. The fourth-order valence-corrected chi connectivity index (χ4v) is 3.59. The summed E-state index contributed by atoms with van der Waals surface area (Å²) in [6.45, 7) is 2.21. The molecule has 0 aromatic carbocycles. The molecule has 134 valence electrons. The summed E-state index contributed by atoms with van der Waals surface area (Å²) in [6.07, 6.45) is 11.2. The van der Waals surface area contributed by atoms with Crippen molar-refractivity contribution >= 4 is 5.82 Å². The minimum absolute atomic E-state index is 0.458. The van der Waals surface area contributed by atoms with Gasteiger partial charge in [0.25, 0.3) is 0 Å². The second kappa shape index (κ2) is 6.55. The lowest BCUT2D eigenvalue weighted by Crippen LogP contribution is -2.24. The molecule has 0 spiro atoms. The lowest BCUT2D eigenvalue weighted by atomic mass is 10.2. The summed E-state index contributed by atoms with van der Waals surface area (Å²) >= 11 is 0. The van der Waals surface area contributed by atoms with Gasteiger partial charge < -0.3 is 4.90 Å². The van der Waals surface area contributed by atoms with Crippen molar-refractivity contribution in [2.75, 3.05) is 18.0 Å². The molecule has 7 heteroatoms. The Morgan fingerprint density at radius 3 is 2.50 bits per heavy atom. The monoisotopic (exact) mass is 349 g/mol. The van der Waals surface area contributed by atoms with Gasteiger partial charge in [0, 0.05) is 31.0 Å². The summed E-state index contributed by atoms with van der Waals surface area (Å²) in [6, 6.07) is 6.62. The van der Waals surface area contributed by atoms with E-state index < -0.39 is 0 Å². The summed E-state index contributed by atoms with van der Waals surface area (Å²) in [5, 5.41) is 11.7. The number of rotatable bonds is 4. The molecule has 2 aliphatic rings. The van der Waals surface area contributed by atoms with E-state index in [0.29, 0.717) is 11.9 Å². The molecule has 0 unspecified atom stereocenters. The van der Waals surface area contributed by atoms with Crippen LogP contribution in [0.25, 0.3) is 22.9 Å². The molecule has 2 fully saturated rings. The van der Waals surface area contributed by atoms with Gasteiger partial charge in [0.15, 0.2) is 11.6 Å². The Balaban J connectivity index is 1.45. The summed E-state index contributed by atoms with van der Waals surface area (Å²) < 4.78 is 2.05. The van der Waals surface area contributed by atoms with E-state index in [9.17, 15) is 0 Å². The Bertz CT molecular complexity index is 854. The Morgan fingerprint density at radius 1 is 1.00 bits per heavy atom. The zero-order valence-corrected chi connectivity index (χ0v) is 14.8. The molecule has 1 saturated heterocycles. The molecular formula is C19H23N7. The molecule has 4 heterocycles. The molecule has 0 radical (unpaired) electrons. The van der Waals surface area contributed by atoms with Crippen molar-refractivity contribution < 1.29 is 0 Å². The van der Waals surface area contributed by atoms with Gasteiger partial charge in [0.05, 0.1) is 6.04 Å². The zero-order valence-electron chi connectivity index (χ0n) is 14.8. The van der Waals surface area contributed by atoms with Crippen LogP contribution in [0.4, 0.5) is 5.82 Å². The third kappa shape index (κ3) is 2.98. The van der Waals surface area contributed by atoms with E-state index in [-0.39, 0.29) is 0 Å². The van der Waals surface area contributed by atoms with Crippen LogP contribution < -0.4 is 4.90 Å². The largest absolute Gasteiger partial charge is 0.357 e. The van der Waals surface area contributed by atoms with Gasteiger partial charge in [-0.25, -0.2) is 14.6 Å². The second-order valence-electron chi connectivity index (χ2n) is 7.21. The highest BCUT2D eigenvalue weighted by Crippen LogP contribution is 2.38. The summed E-state index contributed by atoms with van der Waals surface area (Å²) in [4.78, 5) is 11.9. The highest BCUT2D eigenvalue weighted by Gasteiger charge is 2.29. The van der Waals surface area contributed by atoms with Crippen molar-refractivity contribution in [1.29, 1.82) is 0 Å². The molecule has 0 bridgehead atoms. The highest BCUT2D eigenvalue weighted by molar-refractivity contribution is 5.60. The molecule has 7 nitrogen and oxygen atoms in total. The number of anilines is 1. The van der Waals surface area contributed by atoms with Crippen molar-refractivity contribution in [3.63, 3.8) is 0 Å². The average molecular weight is 349 g/mol. The van der Waals surface area contributed by atoms with E-state index >= 15 is 0 Å². The average Bonchev–Trinajstić information content (AvgIpc) is 3.30. The van der Waals surface area contributed by atoms with E-state index in [1.165, 1.54) is 25.7 Å². The van der Waals surface area contributed by atoms with Crippen molar-refractivity contribution in [2.45, 2.75) is 44.6 Å². The topological polar surface area (TPSA) is 75.5 Å². The number of hydrogen-bond donors (Lipinski definition) is 1. The number of hydrogen-bond acceptors (Lipinski definition) is 5. The van der Waals surface area contributed by atoms with Crippen LogP contribution in [0.1, 0.15) is 44.6 Å². The molecule has 3 aromatic heterocycles. The standard InChI is InChI=1S/C19H23N7/c1-2-4-12-25(11-3-1)17-8-5-14(13-20-17)19-22-18(16-9-10-21-23-16)24-26(19)15-6-7-15/h5,8-10,13,15H,1-4,6-7,11-12H2,(H,21,23). The van der Waals surface area contributed by atoms with Crippen molar-refractivity contribution in [3.8, 4) is 22.9 Å². The van der Waals surface area contributed by atoms with Gasteiger partial charge in [-0.15, -0.1) is 5.10 Å². The number of H-pyrrole nitrogens is 1. The molecule has 0 atom stereocenters. The van der Waals surface area contributed by atoms with Crippen LogP contribution in [-0.2, 0) is 0 Å². The Hall–Kier alpha value is -2.70. The summed E-state index contributed by atoms with van der Waals surface area (Å²) in [5.74, 6) is 2.66. The first-order valence-corrected chi connectivity index (χ1v) is 9.56. The van der Waals surface area contributed by atoms with Gasteiger partial charge in [-0.05, 0) is 43.9 Å². The van der Waals surface area contributed by atoms with Crippen LogP contribution in [0.2, 0.25) is 0 Å². The van der Waals surface area contributed by atoms with Gasteiger partial charge in [-0.2, -0.15) is 5.10 Å². The summed E-state index contributed by atoms with van der Waals surface area (Å²) in [5.41, 5.74) is 1.87. The fraction of sp³-hybridized carbons (Fsp3) is 0.474. The Morgan fingerprint density at radius 2 is 1.85 bits per heavy atom. The number of nitrogens with one attached hydrogen (secondary N) is 1. The maximum Gasteiger partial charge on any atom is 0.199 e. The first-order chi connectivity index (χ1) is 12.9. The lowest BCUT2D eigenvalue weighted by molar-refractivity contribution is 0.649. The predicted octanol–water partition coefficient (Wildman–Crippen LogP) is 3.45. The van der Waals surface area contributed by atoms with E-state index in [2.05, 4.69) is 31.9 Å². The molecule has 0 amide bonds. The SMILES string of the molecule is c1cc(-c2nc(-c3ccc(N4CCCCCC4)nc3)n(C3CC3)n2)[nH]n1. The van der Waals surface area contributed by atoms with Crippen molar-refractivity contribution in [1.82, 2.24) is 29.9 Å². The molecule has 1 N–H and O–H groups in total. The normalized spacial score (nSPS) is 18.1. The van der Waals surface area contributed by atoms with Crippen LogP contribution >= 0.6 is 0 Å². The van der Waals surface area contributed by atoms with Crippen LogP contribution in [0.5, 0.6) is 0 Å².